The molecule has 0 amide bonds. The summed E-state index contributed by atoms with van der Waals surface area (Å²) in [6.45, 7) is 7.80. The van der Waals surface area contributed by atoms with E-state index in [2.05, 4.69) is 9.97 Å². The van der Waals surface area contributed by atoms with Crippen molar-refractivity contribution in [3.8, 4) is 11.4 Å². The van der Waals surface area contributed by atoms with E-state index in [9.17, 15) is 9.90 Å². The van der Waals surface area contributed by atoms with E-state index in [4.69, 9.17) is 10.7 Å². The van der Waals surface area contributed by atoms with Crippen LogP contribution >= 0.6 is 0 Å². The Morgan fingerprint density at radius 3 is 2.64 bits per heavy atom. The fourth-order valence-electron chi connectivity index (χ4n) is 4.30. The third-order valence-corrected chi connectivity index (χ3v) is 6.14. The van der Waals surface area contributed by atoms with Gasteiger partial charge in [0.05, 0.1) is 28.8 Å². The Morgan fingerprint density at radius 2 is 1.91 bits per heavy atom. The predicted molar refractivity (Wildman–Crippen MR) is 130 cm³/mol. The maximum atomic E-state index is 13.8. The van der Waals surface area contributed by atoms with Crippen molar-refractivity contribution < 1.29 is 9.90 Å². The number of aromatic nitrogens is 4. The van der Waals surface area contributed by atoms with Crippen LogP contribution in [0.15, 0.2) is 48.7 Å². The topological polar surface area (TPSA) is 110 Å². The van der Waals surface area contributed by atoms with Gasteiger partial charge in [0.15, 0.2) is 5.65 Å². The molecule has 0 radical (unpaired) electrons. The number of fused-ring (bicyclic) bond motifs is 2. The van der Waals surface area contributed by atoms with Crippen molar-refractivity contribution in [2.75, 3.05) is 5.73 Å². The minimum atomic E-state index is -0.252. The number of anilines is 1. The Hall–Kier alpha value is -4.13. The van der Waals surface area contributed by atoms with Crippen molar-refractivity contribution in [1.29, 1.82) is 0 Å². The number of hydrogen-bond acceptors (Lipinski definition) is 5. The van der Waals surface area contributed by atoms with E-state index < -0.39 is 0 Å². The Morgan fingerprint density at radius 1 is 1.15 bits per heavy atom. The van der Waals surface area contributed by atoms with Crippen LogP contribution in [-0.2, 0) is 0 Å². The van der Waals surface area contributed by atoms with Crippen molar-refractivity contribution >= 4 is 33.7 Å². The highest BCUT2D eigenvalue weighted by Gasteiger charge is 2.28. The van der Waals surface area contributed by atoms with Gasteiger partial charge in [0, 0.05) is 16.5 Å². The molecule has 0 aliphatic heterocycles. The highest BCUT2D eigenvalue weighted by Crippen LogP contribution is 2.36. The largest absolute Gasteiger partial charge is 0.508 e. The van der Waals surface area contributed by atoms with Crippen LogP contribution in [0.2, 0.25) is 0 Å². The minimum absolute atomic E-state index is 0.131. The van der Waals surface area contributed by atoms with Gasteiger partial charge in [0.25, 0.3) is 0 Å². The summed E-state index contributed by atoms with van der Waals surface area (Å²) in [6, 6.07) is 13.0. The van der Waals surface area contributed by atoms with Crippen LogP contribution in [-0.4, -0.2) is 30.4 Å². The number of nitrogens with two attached hydrogens (primary N) is 1. The molecule has 0 unspecified atom stereocenters. The van der Waals surface area contributed by atoms with E-state index in [1.807, 2.05) is 64.1 Å². The molecule has 3 aromatic heterocycles. The summed E-state index contributed by atoms with van der Waals surface area (Å²) < 4.78 is 1.73. The summed E-state index contributed by atoms with van der Waals surface area (Å²) >= 11 is 0. The van der Waals surface area contributed by atoms with Crippen molar-refractivity contribution in [3.63, 3.8) is 0 Å². The SMILES string of the molecule is Cc1ccc(O)c(C)c1-n1c(N)c(C(=O)c2cc3ccccc3[nH]2)c2nc(C(C)C)cnc21. The number of nitrogens with one attached hydrogen (secondary N) is 1. The van der Waals surface area contributed by atoms with Gasteiger partial charge >= 0.3 is 0 Å². The van der Waals surface area contributed by atoms with Gasteiger partial charge in [0.1, 0.15) is 17.1 Å². The van der Waals surface area contributed by atoms with Gasteiger partial charge in [-0.3, -0.25) is 9.36 Å². The first kappa shape index (κ1) is 20.8. The van der Waals surface area contributed by atoms with E-state index in [1.54, 1.807) is 16.8 Å². The van der Waals surface area contributed by atoms with Crippen LogP contribution in [0.4, 0.5) is 5.82 Å². The standard InChI is InChI=1S/C26H25N5O2/c1-13(2)19-12-28-26-22(30-19)21(24(33)18-11-16-7-5-6-8-17(16)29-18)25(27)31(26)23-14(3)9-10-20(32)15(23)4/h5-13,29,32H,27H2,1-4H3. The molecule has 0 atom stereocenters. The number of carbonyl (C=O) groups excluding carboxylic acids is 1. The average molecular weight is 440 g/mol. The molecule has 5 aromatic rings. The highest BCUT2D eigenvalue weighted by molar-refractivity contribution is 6.19. The average Bonchev–Trinajstić information content (AvgIpc) is 3.35. The lowest BCUT2D eigenvalue weighted by Gasteiger charge is -2.15. The van der Waals surface area contributed by atoms with Crippen LogP contribution in [0.25, 0.3) is 27.8 Å². The molecule has 3 heterocycles. The smallest absolute Gasteiger partial charge is 0.215 e. The number of hydrogen-bond donors (Lipinski definition) is 3. The molecule has 0 bridgehead atoms. The van der Waals surface area contributed by atoms with Gasteiger partial charge in [0.2, 0.25) is 5.78 Å². The second-order valence-electron chi connectivity index (χ2n) is 8.69. The minimum Gasteiger partial charge on any atom is -0.508 e. The number of nitrogens with zero attached hydrogens (tertiary/aromatic N) is 3. The van der Waals surface area contributed by atoms with Gasteiger partial charge in [-0.2, -0.15) is 0 Å². The lowest BCUT2D eigenvalue weighted by molar-refractivity contribution is 0.103. The van der Waals surface area contributed by atoms with E-state index in [0.29, 0.717) is 33.7 Å². The summed E-state index contributed by atoms with van der Waals surface area (Å²) in [5, 5.41) is 11.3. The van der Waals surface area contributed by atoms with Crippen molar-refractivity contribution in [1.82, 2.24) is 19.5 Å². The number of para-hydroxylation sites is 1. The molecule has 2 aromatic carbocycles. The summed E-state index contributed by atoms with van der Waals surface area (Å²) in [7, 11) is 0. The zero-order valence-electron chi connectivity index (χ0n) is 19.0. The fraction of sp³-hybridized carbons (Fsp3) is 0.192. The zero-order chi connectivity index (χ0) is 23.4. The van der Waals surface area contributed by atoms with Crippen molar-refractivity contribution in [2.24, 2.45) is 0 Å². The second-order valence-corrected chi connectivity index (χ2v) is 8.69. The molecule has 0 aliphatic carbocycles. The molecule has 0 spiro atoms. The van der Waals surface area contributed by atoms with Gasteiger partial charge in [-0.15, -0.1) is 0 Å². The first-order valence-corrected chi connectivity index (χ1v) is 10.9. The van der Waals surface area contributed by atoms with E-state index in [-0.39, 0.29) is 23.3 Å². The number of H-pyrrole nitrogens is 1. The molecule has 0 saturated carbocycles. The molecule has 0 saturated heterocycles. The highest BCUT2D eigenvalue weighted by atomic mass is 16.3. The van der Waals surface area contributed by atoms with Gasteiger partial charge in [-0.1, -0.05) is 38.1 Å². The maximum Gasteiger partial charge on any atom is 0.215 e. The van der Waals surface area contributed by atoms with Crippen LogP contribution < -0.4 is 5.73 Å². The number of aromatic hydroxyl groups is 1. The first-order chi connectivity index (χ1) is 15.8. The van der Waals surface area contributed by atoms with Gasteiger partial charge in [-0.25, -0.2) is 9.97 Å². The Kier molecular flexibility index (Phi) is 4.70. The van der Waals surface area contributed by atoms with E-state index >= 15 is 0 Å². The number of benzene rings is 2. The molecular weight excluding hydrogens is 414 g/mol. The predicted octanol–water partition coefficient (Wildman–Crippen LogP) is 5.16. The lowest BCUT2D eigenvalue weighted by Crippen LogP contribution is -2.09. The normalized spacial score (nSPS) is 11.7. The summed E-state index contributed by atoms with van der Waals surface area (Å²) in [5.41, 5.74) is 12.2. The third kappa shape index (κ3) is 3.16. The number of carbonyl (C=O) groups is 1. The number of aryl methyl sites for hydroxylation is 1. The lowest BCUT2D eigenvalue weighted by atomic mass is 10.1. The Labute approximate surface area is 190 Å². The summed E-state index contributed by atoms with van der Waals surface area (Å²) in [5.74, 6) is 0.267. The maximum absolute atomic E-state index is 13.8. The monoisotopic (exact) mass is 439 g/mol. The van der Waals surface area contributed by atoms with Crippen LogP contribution in [0.3, 0.4) is 0 Å². The first-order valence-electron chi connectivity index (χ1n) is 10.9. The van der Waals surface area contributed by atoms with Crippen LogP contribution in [0.1, 0.15) is 52.6 Å². The number of rotatable bonds is 4. The van der Waals surface area contributed by atoms with E-state index in [1.165, 1.54) is 0 Å². The molecule has 7 nitrogen and oxygen atoms in total. The second kappa shape index (κ2) is 7.48. The van der Waals surface area contributed by atoms with Crippen molar-refractivity contribution in [3.05, 3.63) is 76.7 Å². The zero-order valence-corrected chi connectivity index (χ0v) is 19.0. The molecule has 166 valence electrons. The Bertz CT molecular complexity index is 1530. The third-order valence-electron chi connectivity index (χ3n) is 6.14. The van der Waals surface area contributed by atoms with Gasteiger partial charge in [-0.05, 0) is 43.5 Å². The van der Waals surface area contributed by atoms with Gasteiger partial charge < -0.3 is 15.8 Å². The fourth-order valence-corrected chi connectivity index (χ4v) is 4.30. The van der Waals surface area contributed by atoms with E-state index in [0.717, 1.165) is 22.2 Å². The molecule has 4 N–H and O–H groups in total. The summed E-state index contributed by atoms with van der Waals surface area (Å²) in [6.07, 6.45) is 1.72. The number of ketones is 1. The molecule has 5 rings (SSSR count). The summed E-state index contributed by atoms with van der Waals surface area (Å²) in [4.78, 5) is 26.4. The molecule has 7 heteroatoms. The molecular formula is C26H25N5O2. The number of phenolic OH excluding ortho intramolecular Hbond substituents is 1. The molecule has 0 fully saturated rings. The number of aromatic amines is 1. The number of phenols is 1. The number of nitrogen functional groups attached to an aromatic ring is 1. The molecule has 33 heavy (non-hydrogen) atoms. The Balaban J connectivity index is 1.83. The quantitative estimate of drug-likeness (QED) is 0.335. The van der Waals surface area contributed by atoms with Crippen LogP contribution in [0.5, 0.6) is 5.75 Å². The van der Waals surface area contributed by atoms with Crippen molar-refractivity contribution in [2.45, 2.75) is 33.6 Å². The van der Waals surface area contributed by atoms with Crippen LogP contribution in [0, 0.1) is 13.8 Å². The molecule has 0 aliphatic rings.